The molecular weight excluding hydrogens is 372 g/mol. The van der Waals surface area contributed by atoms with Gasteiger partial charge in [-0.3, -0.25) is 4.99 Å². The summed E-state index contributed by atoms with van der Waals surface area (Å²) in [6, 6.07) is -0.342. The fraction of sp³-hybridized carbons (Fsp3) is 0.462. The average molecular weight is 388 g/mol. The van der Waals surface area contributed by atoms with Gasteiger partial charge >= 0.3 is 5.97 Å². The highest BCUT2D eigenvalue weighted by Crippen LogP contribution is 2.34. The Kier molecular flexibility index (Phi) is 4.69. The van der Waals surface area contributed by atoms with Crippen molar-refractivity contribution in [3.05, 3.63) is 27.9 Å². The fourth-order valence-corrected chi connectivity index (χ4v) is 4.37. The van der Waals surface area contributed by atoms with E-state index >= 15 is 0 Å². The summed E-state index contributed by atoms with van der Waals surface area (Å²) in [5, 5.41) is 2.57. The van der Waals surface area contributed by atoms with Crippen LogP contribution in [0.15, 0.2) is 27.8 Å². The lowest BCUT2D eigenvalue weighted by Crippen LogP contribution is -2.39. The Bertz CT molecular complexity index is 816. The Labute approximate surface area is 148 Å². The van der Waals surface area contributed by atoms with Crippen molar-refractivity contribution in [3.63, 3.8) is 0 Å². The van der Waals surface area contributed by atoms with Gasteiger partial charge in [-0.25, -0.2) is 18.2 Å². The number of hydrogen-bond acceptors (Lipinski definition) is 8. The molecule has 8 nitrogen and oxygen atoms in total. The molecule has 1 aromatic heterocycles. The highest BCUT2D eigenvalue weighted by molar-refractivity contribution is 8.62. The number of fused-ring (bicyclic) bond motifs is 1. The van der Waals surface area contributed by atoms with Crippen LogP contribution in [0.3, 0.4) is 0 Å². The molecule has 0 amide bonds. The van der Waals surface area contributed by atoms with Crippen LogP contribution in [-0.4, -0.2) is 67.7 Å². The minimum Gasteiger partial charge on any atom is -0.466 e. The number of amidine groups is 1. The van der Waals surface area contributed by atoms with Crippen molar-refractivity contribution in [2.24, 2.45) is 4.99 Å². The van der Waals surface area contributed by atoms with Crippen LogP contribution < -0.4 is 0 Å². The topological polar surface area (TPSA) is 92.2 Å². The summed E-state index contributed by atoms with van der Waals surface area (Å²) in [4.78, 5) is 22.6. The van der Waals surface area contributed by atoms with Crippen molar-refractivity contribution < 1.29 is 17.9 Å². The minimum absolute atomic E-state index is 0.192. The molecule has 0 aliphatic carbocycles. The Morgan fingerprint density at radius 3 is 2.88 bits per heavy atom. The van der Waals surface area contributed by atoms with E-state index < -0.39 is 15.0 Å². The highest BCUT2D eigenvalue weighted by Gasteiger charge is 2.40. The molecule has 1 atom stereocenters. The molecule has 0 saturated carbocycles. The predicted molar refractivity (Wildman–Crippen MR) is 93.3 cm³/mol. The van der Waals surface area contributed by atoms with Gasteiger partial charge in [0.1, 0.15) is 0 Å². The number of carbonyl (C=O) groups excluding carboxylic acids is 1. The second-order valence-corrected chi connectivity index (χ2v) is 9.11. The van der Waals surface area contributed by atoms with Crippen molar-refractivity contribution in [1.29, 1.82) is 0 Å². The van der Waals surface area contributed by atoms with E-state index in [1.54, 1.807) is 6.20 Å². The third-order valence-electron chi connectivity index (χ3n) is 4.07. The maximum Gasteiger partial charge on any atom is 0.337 e. The first kappa shape index (κ1) is 17.4. The molecule has 24 heavy (non-hydrogen) atoms. The number of thiazole rings is 1. The van der Waals surface area contributed by atoms with Crippen molar-refractivity contribution >= 4 is 43.9 Å². The van der Waals surface area contributed by atoms with Crippen molar-refractivity contribution in [3.8, 4) is 0 Å². The number of nitrogens with zero attached hydrogens (tertiary/aromatic N) is 4. The van der Waals surface area contributed by atoms with E-state index in [0.717, 1.165) is 10.7 Å². The lowest BCUT2D eigenvalue weighted by atomic mass is 10.1. The highest BCUT2D eigenvalue weighted by atomic mass is 33.1. The standard InChI is InChI=1S/C13H16N4O4S3/c1-16(24(19,20)22)8-5-10-9(13(18)21-2)6-15-11(17(10)7-8)12-14-3-4-23-12/h3-4,8H,5-7H2,1-2H3,(H,19,20,22). The van der Waals surface area contributed by atoms with Gasteiger partial charge in [0.15, 0.2) is 10.8 Å². The number of esters is 1. The number of rotatable bonds is 4. The largest absolute Gasteiger partial charge is 0.466 e. The molecule has 1 unspecified atom stereocenters. The zero-order chi connectivity index (χ0) is 17.5. The van der Waals surface area contributed by atoms with Gasteiger partial charge in [-0.2, -0.15) is 4.31 Å². The first-order chi connectivity index (χ1) is 11.3. The summed E-state index contributed by atoms with van der Waals surface area (Å²) in [7, 11) is -0.842. The Morgan fingerprint density at radius 2 is 2.29 bits per heavy atom. The maximum atomic E-state index is 12.0. The van der Waals surface area contributed by atoms with Crippen LogP contribution in [0.2, 0.25) is 0 Å². The summed E-state index contributed by atoms with van der Waals surface area (Å²) in [5.74, 6) is 0.203. The van der Waals surface area contributed by atoms with Gasteiger partial charge in [-0.05, 0) is 11.7 Å². The van der Waals surface area contributed by atoms with Crippen LogP contribution in [0.25, 0.3) is 0 Å². The van der Waals surface area contributed by atoms with E-state index in [1.165, 1.54) is 29.8 Å². The SMILES string of the molecule is COC(=O)C1=C2CC(N(C)S(=O)(=O)S)CN2C(c2nccs2)=NC1. The number of ether oxygens (including phenoxy) is 1. The minimum atomic E-state index is -3.63. The molecule has 130 valence electrons. The van der Waals surface area contributed by atoms with Crippen molar-refractivity contribution in [2.45, 2.75) is 12.5 Å². The quantitative estimate of drug-likeness (QED) is 0.459. The number of hydrogen-bond donors (Lipinski definition) is 1. The third kappa shape index (κ3) is 3.08. The molecule has 1 aromatic rings. The van der Waals surface area contributed by atoms with Gasteiger partial charge in [0.25, 0.3) is 9.06 Å². The molecule has 0 radical (unpaired) electrons. The summed E-state index contributed by atoms with van der Waals surface area (Å²) in [6.45, 7) is 0.571. The average Bonchev–Trinajstić information content (AvgIpc) is 3.20. The fourth-order valence-electron chi connectivity index (χ4n) is 2.80. The lowest BCUT2D eigenvalue weighted by Gasteiger charge is -2.27. The van der Waals surface area contributed by atoms with Gasteiger partial charge in [-0.1, -0.05) is 0 Å². The summed E-state index contributed by atoms with van der Waals surface area (Å²) in [5.41, 5.74) is 1.18. The molecule has 0 N–H and O–H groups in total. The number of aliphatic imine (C=N–C) groups is 1. The second kappa shape index (κ2) is 6.47. The smallest absolute Gasteiger partial charge is 0.337 e. The monoisotopic (exact) mass is 388 g/mol. The molecule has 3 rings (SSSR count). The van der Waals surface area contributed by atoms with E-state index in [4.69, 9.17) is 4.74 Å². The molecular formula is C13H16N4O4S3. The second-order valence-electron chi connectivity index (χ2n) is 5.36. The normalized spacial score (nSPS) is 21.1. The third-order valence-corrected chi connectivity index (χ3v) is 6.64. The maximum absolute atomic E-state index is 12.0. The molecule has 1 fully saturated rings. The van der Waals surface area contributed by atoms with Crippen LogP contribution in [-0.2, 0) is 18.6 Å². The van der Waals surface area contributed by atoms with Gasteiger partial charge in [0.2, 0.25) is 0 Å². The summed E-state index contributed by atoms with van der Waals surface area (Å²) >= 11 is 5.09. The Balaban J connectivity index is 1.99. The molecule has 0 aromatic carbocycles. The van der Waals surface area contributed by atoms with Crippen molar-refractivity contribution in [1.82, 2.24) is 14.2 Å². The van der Waals surface area contributed by atoms with E-state index in [0.29, 0.717) is 24.4 Å². The van der Waals surface area contributed by atoms with Crippen LogP contribution >= 0.6 is 23.0 Å². The molecule has 0 spiro atoms. The van der Waals surface area contributed by atoms with Crippen molar-refractivity contribution in [2.75, 3.05) is 27.2 Å². The molecule has 2 aliphatic heterocycles. The molecule has 3 heterocycles. The van der Waals surface area contributed by atoms with Crippen LogP contribution in [0.4, 0.5) is 0 Å². The predicted octanol–water partition coefficient (Wildman–Crippen LogP) is 0.511. The first-order valence-corrected chi connectivity index (χ1v) is 10.4. The van der Waals surface area contributed by atoms with E-state index in [9.17, 15) is 13.2 Å². The molecule has 0 bridgehead atoms. The van der Waals surface area contributed by atoms with Crippen LogP contribution in [0.1, 0.15) is 11.4 Å². The van der Waals surface area contributed by atoms with Gasteiger partial charge in [0.05, 0.1) is 19.2 Å². The van der Waals surface area contributed by atoms with Crippen LogP contribution in [0.5, 0.6) is 0 Å². The number of thiol groups is 1. The molecule has 11 heteroatoms. The van der Waals surface area contributed by atoms with Gasteiger partial charge < -0.3 is 9.64 Å². The number of methoxy groups -OCH3 is 1. The van der Waals surface area contributed by atoms with Crippen LogP contribution in [0, 0.1) is 0 Å². The molecule has 2 aliphatic rings. The number of aromatic nitrogens is 1. The summed E-state index contributed by atoms with van der Waals surface area (Å²) < 4.78 is 29.5. The van der Waals surface area contributed by atoms with E-state index in [1.807, 2.05) is 10.3 Å². The van der Waals surface area contributed by atoms with E-state index in [2.05, 4.69) is 21.6 Å². The lowest BCUT2D eigenvalue weighted by molar-refractivity contribution is -0.136. The Hall–Kier alpha value is -1.43. The zero-order valence-corrected chi connectivity index (χ0v) is 15.6. The first-order valence-electron chi connectivity index (χ1n) is 7.05. The Morgan fingerprint density at radius 1 is 1.54 bits per heavy atom. The van der Waals surface area contributed by atoms with E-state index in [-0.39, 0.29) is 12.6 Å². The number of carbonyl (C=O) groups is 1. The zero-order valence-electron chi connectivity index (χ0n) is 13.0. The summed E-state index contributed by atoms with van der Waals surface area (Å²) in [6.07, 6.45) is 2.07. The molecule has 1 saturated heterocycles. The van der Waals surface area contributed by atoms with Gasteiger partial charge in [0, 0.05) is 43.3 Å². The van der Waals surface area contributed by atoms with Gasteiger partial charge in [-0.15, -0.1) is 11.3 Å². The number of likely N-dealkylation sites (N-methyl/N-ethyl adjacent to an activating group) is 1.